The van der Waals surface area contributed by atoms with Crippen LogP contribution in [-0.2, 0) is 0 Å². The van der Waals surface area contributed by atoms with Gasteiger partial charge in [0.05, 0.1) is 5.69 Å². The van der Waals surface area contributed by atoms with Crippen LogP contribution in [0.1, 0.15) is 12.8 Å². The highest BCUT2D eigenvalue weighted by atomic mass is 79.9. The van der Waals surface area contributed by atoms with E-state index in [2.05, 4.69) is 31.5 Å². The first-order valence-corrected chi connectivity index (χ1v) is 7.67. The molecule has 1 aromatic carbocycles. The van der Waals surface area contributed by atoms with Crippen LogP contribution in [-0.4, -0.2) is 44.2 Å². The lowest BCUT2D eigenvalue weighted by molar-refractivity contribution is 0.237. The Balaban J connectivity index is 1.62. The second-order valence-electron chi connectivity index (χ2n) is 4.85. The Bertz CT molecular complexity index is 394. The van der Waals surface area contributed by atoms with Crippen LogP contribution in [0.3, 0.4) is 0 Å². The molecular formula is C14H21BrFN3. The van der Waals surface area contributed by atoms with Crippen LogP contribution in [0.5, 0.6) is 0 Å². The minimum atomic E-state index is -0.190. The van der Waals surface area contributed by atoms with Gasteiger partial charge in [-0.15, -0.1) is 0 Å². The highest BCUT2D eigenvalue weighted by molar-refractivity contribution is 9.10. The lowest BCUT2D eigenvalue weighted by Gasteiger charge is -2.27. The van der Waals surface area contributed by atoms with Crippen molar-refractivity contribution in [3.05, 3.63) is 28.5 Å². The lowest BCUT2D eigenvalue weighted by atomic mass is 10.2. The third-order valence-corrected chi connectivity index (χ3v) is 3.85. The van der Waals surface area contributed by atoms with Crippen molar-refractivity contribution in [1.29, 1.82) is 0 Å². The van der Waals surface area contributed by atoms with Crippen molar-refractivity contribution >= 4 is 21.6 Å². The molecule has 1 aliphatic heterocycles. The maximum atomic E-state index is 13.5. The van der Waals surface area contributed by atoms with Crippen molar-refractivity contribution in [2.75, 3.05) is 44.6 Å². The monoisotopic (exact) mass is 329 g/mol. The zero-order valence-electron chi connectivity index (χ0n) is 11.1. The number of rotatable bonds is 6. The Kier molecular flexibility index (Phi) is 6.07. The fourth-order valence-electron chi connectivity index (χ4n) is 2.25. The number of hydrogen-bond acceptors (Lipinski definition) is 3. The summed E-state index contributed by atoms with van der Waals surface area (Å²) >= 11 is 3.35. The van der Waals surface area contributed by atoms with Crippen LogP contribution in [0, 0.1) is 5.82 Å². The standard InChI is InChI=1S/C14H21BrFN3/c15-12-3-4-13(16)14(11-12)18-5-1-2-8-19-9-6-17-7-10-19/h3-4,11,17-18H,1-2,5-10H2. The number of benzene rings is 1. The van der Waals surface area contributed by atoms with Gasteiger partial charge in [0, 0.05) is 37.2 Å². The quantitative estimate of drug-likeness (QED) is 0.786. The molecule has 2 N–H and O–H groups in total. The van der Waals surface area contributed by atoms with Gasteiger partial charge in [-0.2, -0.15) is 0 Å². The van der Waals surface area contributed by atoms with Crippen molar-refractivity contribution < 1.29 is 4.39 Å². The van der Waals surface area contributed by atoms with Gasteiger partial charge in [-0.25, -0.2) is 4.39 Å². The van der Waals surface area contributed by atoms with Gasteiger partial charge in [0.1, 0.15) is 5.82 Å². The van der Waals surface area contributed by atoms with Crippen LogP contribution in [0.15, 0.2) is 22.7 Å². The first-order chi connectivity index (χ1) is 9.25. The number of hydrogen-bond donors (Lipinski definition) is 2. The molecule has 19 heavy (non-hydrogen) atoms. The molecule has 0 spiro atoms. The number of piperazine rings is 1. The molecule has 0 aliphatic carbocycles. The van der Waals surface area contributed by atoms with Crippen molar-refractivity contribution in [3.8, 4) is 0 Å². The molecular weight excluding hydrogens is 309 g/mol. The number of unbranched alkanes of at least 4 members (excludes halogenated alkanes) is 1. The third kappa shape index (κ3) is 5.09. The maximum absolute atomic E-state index is 13.5. The van der Waals surface area contributed by atoms with Gasteiger partial charge in [0.25, 0.3) is 0 Å². The number of anilines is 1. The average molecular weight is 330 g/mol. The van der Waals surface area contributed by atoms with Gasteiger partial charge >= 0.3 is 0 Å². The summed E-state index contributed by atoms with van der Waals surface area (Å²) in [6, 6.07) is 4.98. The largest absolute Gasteiger partial charge is 0.383 e. The van der Waals surface area contributed by atoms with E-state index in [1.54, 1.807) is 12.1 Å². The summed E-state index contributed by atoms with van der Waals surface area (Å²) in [5.41, 5.74) is 0.580. The molecule has 0 amide bonds. The van der Waals surface area contributed by atoms with Crippen LogP contribution in [0.2, 0.25) is 0 Å². The van der Waals surface area contributed by atoms with Gasteiger partial charge in [0.15, 0.2) is 0 Å². The second-order valence-corrected chi connectivity index (χ2v) is 5.77. The average Bonchev–Trinajstić information content (AvgIpc) is 2.43. The number of nitrogens with one attached hydrogen (secondary N) is 2. The predicted molar refractivity (Wildman–Crippen MR) is 81.1 cm³/mol. The summed E-state index contributed by atoms with van der Waals surface area (Å²) in [5, 5.41) is 6.50. The topological polar surface area (TPSA) is 27.3 Å². The van der Waals surface area contributed by atoms with Gasteiger partial charge in [-0.1, -0.05) is 15.9 Å². The molecule has 0 aromatic heterocycles. The molecule has 5 heteroatoms. The molecule has 0 bridgehead atoms. The molecule has 0 radical (unpaired) electrons. The molecule has 2 rings (SSSR count). The van der Waals surface area contributed by atoms with E-state index in [-0.39, 0.29) is 5.82 Å². The Hall–Kier alpha value is -0.650. The van der Waals surface area contributed by atoms with Crippen molar-refractivity contribution in [2.45, 2.75) is 12.8 Å². The van der Waals surface area contributed by atoms with Gasteiger partial charge < -0.3 is 15.5 Å². The predicted octanol–water partition coefficient (Wildman–Crippen LogP) is 2.69. The van der Waals surface area contributed by atoms with E-state index in [1.165, 1.54) is 6.07 Å². The van der Waals surface area contributed by atoms with E-state index in [9.17, 15) is 4.39 Å². The summed E-state index contributed by atoms with van der Waals surface area (Å²) < 4.78 is 14.4. The molecule has 0 unspecified atom stereocenters. The van der Waals surface area contributed by atoms with E-state index in [0.29, 0.717) is 5.69 Å². The summed E-state index contributed by atoms with van der Waals surface area (Å²) in [6.07, 6.45) is 2.22. The second kappa shape index (κ2) is 7.82. The normalized spacial score (nSPS) is 16.5. The Labute approximate surface area is 122 Å². The highest BCUT2D eigenvalue weighted by Gasteiger charge is 2.08. The van der Waals surface area contributed by atoms with Crippen molar-refractivity contribution in [3.63, 3.8) is 0 Å². The number of halogens is 2. The summed E-state index contributed by atoms with van der Waals surface area (Å²) in [5.74, 6) is -0.190. The maximum Gasteiger partial charge on any atom is 0.146 e. The zero-order chi connectivity index (χ0) is 13.5. The molecule has 3 nitrogen and oxygen atoms in total. The highest BCUT2D eigenvalue weighted by Crippen LogP contribution is 2.19. The van der Waals surface area contributed by atoms with Crippen molar-refractivity contribution in [2.24, 2.45) is 0 Å². The first kappa shape index (κ1) is 14.8. The first-order valence-electron chi connectivity index (χ1n) is 6.88. The minimum Gasteiger partial charge on any atom is -0.383 e. The molecule has 106 valence electrons. The Morgan fingerprint density at radius 2 is 2.05 bits per heavy atom. The van der Waals surface area contributed by atoms with Crippen molar-refractivity contribution in [1.82, 2.24) is 10.2 Å². The van der Waals surface area contributed by atoms with Crippen LogP contribution >= 0.6 is 15.9 Å². The summed E-state index contributed by atoms with van der Waals surface area (Å²) in [6.45, 7) is 6.45. The third-order valence-electron chi connectivity index (χ3n) is 3.35. The Morgan fingerprint density at radius 1 is 1.26 bits per heavy atom. The molecule has 0 saturated carbocycles. The molecule has 1 aliphatic rings. The molecule has 1 fully saturated rings. The number of nitrogens with zero attached hydrogens (tertiary/aromatic N) is 1. The SMILES string of the molecule is Fc1ccc(Br)cc1NCCCCN1CCNCC1. The smallest absolute Gasteiger partial charge is 0.146 e. The fourth-order valence-corrected chi connectivity index (χ4v) is 2.61. The Morgan fingerprint density at radius 3 is 2.84 bits per heavy atom. The van der Waals surface area contributed by atoms with Crippen LogP contribution in [0.25, 0.3) is 0 Å². The van der Waals surface area contributed by atoms with E-state index in [4.69, 9.17) is 0 Å². The zero-order valence-corrected chi connectivity index (χ0v) is 12.7. The van der Waals surface area contributed by atoms with E-state index in [0.717, 1.165) is 56.6 Å². The van der Waals surface area contributed by atoms with Gasteiger partial charge in [0.2, 0.25) is 0 Å². The summed E-state index contributed by atoms with van der Waals surface area (Å²) in [7, 11) is 0. The fraction of sp³-hybridized carbons (Fsp3) is 0.571. The minimum absolute atomic E-state index is 0.190. The van der Waals surface area contributed by atoms with Crippen LogP contribution < -0.4 is 10.6 Å². The van der Waals surface area contributed by atoms with Gasteiger partial charge in [-0.05, 0) is 37.6 Å². The molecule has 1 heterocycles. The van der Waals surface area contributed by atoms with Gasteiger partial charge in [-0.3, -0.25) is 0 Å². The summed E-state index contributed by atoms with van der Waals surface area (Å²) in [4.78, 5) is 2.48. The lowest BCUT2D eigenvalue weighted by Crippen LogP contribution is -2.43. The van der Waals surface area contributed by atoms with E-state index in [1.807, 2.05) is 0 Å². The molecule has 1 saturated heterocycles. The molecule has 0 atom stereocenters. The van der Waals surface area contributed by atoms with E-state index >= 15 is 0 Å². The van der Waals surface area contributed by atoms with E-state index < -0.39 is 0 Å². The molecule has 1 aromatic rings. The van der Waals surface area contributed by atoms with Crippen LogP contribution in [0.4, 0.5) is 10.1 Å².